The molecule has 25 heavy (non-hydrogen) atoms. The lowest BCUT2D eigenvalue weighted by Gasteiger charge is -2.12. The van der Waals surface area contributed by atoms with E-state index in [0.717, 1.165) is 34.3 Å². The minimum absolute atomic E-state index is 0.504. The summed E-state index contributed by atoms with van der Waals surface area (Å²) in [7, 11) is 0. The van der Waals surface area contributed by atoms with Crippen LogP contribution in [0.15, 0.2) is 42.6 Å². The molecule has 4 rings (SSSR count). The van der Waals surface area contributed by atoms with Gasteiger partial charge in [-0.05, 0) is 44.9 Å². The zero-order chi connectivity index (χ0) is 17.2. The molecular formula is C20H23N5. The SMILES string of the molecule is Cc1nn(-c2ccccc2)c(C)c1-c1ccnc(NC2CCCC2)n1. The Morgan fingerprint density at radius 2 is 1.80 bits per heavy atom. The van der Waals surface area contributed by atoms with Crippen LogP contribution in [0.25, 0.3) is 16.9 Å². The van der Waals surface area contributed by atoms with E-state index >= 15 is 0 Å². The average Bonchev–Trinajstić information content (AvgIpc) is 3.24. The average molecular weight is 333 g/mol. The molecule has 1 aliphatic carbocycles. The number of nitrogens with one attached hydrogen (secondary N) is 1. The fourth-order valence-corrected chi connectivity index (χ4v) is 3.65. The number of para-hydroxylation sites is 1. The van der Waals surface area contributed by atoms with Crippen molar-refractivity contribution >= 4 is 5.95 Å². The predicted octanol–water partition coefficient (Wildman–Crippen LogP) is 4.30. The first-order valence-electron chi connectivity index (χ1n) is 8.94. The van der Waals surface area contributed by atoms with E-state index in [1.54, 1.807) is 0 Å². The van der Waals surface area contributed by atoms with Gasteiger partial charge in [0.2, 0.25) is 5.95 Å². The van der Waals surface area contributed by atoms with Crippen LogP contribution in [-0.2, 0) is 0 Å². The summed E-state index contributed by atoms with van der Waals surface area (Å²) in [6, 6.07) is 12.7. The van der Waals surface area contributed by atoms with E-state index in [4.69, 9.17) is 10.1 Å². The smallest absolute Gasteiger partial charge is 0.223 e. The number of benzene rings is 1. The molecule has 0 bridgehead atoms. The van der Waals surface area contributed by atoms with Crippen molar-refractivity contribution < 1.29 is 0 Å². The number of hydrogen-bond acceptors (Lipinski definition) is 4. The Labute approximate surface area is 148 Å². The predicted molar refractivity (Wildman–Crippen MR) is 99.9 cm³/mol. The topological polar surface area (TPSA) is 55.6 Å². The van der Waals surface area contributed by atoms with Crippen LogP contribution in [0.3, 0.4) is 0 Å². The number of hydrogen-bond donors (Lipinski definition) is 1. The third-order valence-electron chi connectivity index (χ3n) is 4.89. The van der Waals surface area contributed by atoms with Crippen LogP contribution in [0.2, 0.25) is 0 Å². The van der Waals surface area contributed by atoms with Crippen LogP contribution in [0, 0.1) is 13.8 Å². The molecule has 0 saturated heterocycles. The van der Waals surface area contributed by atoms with Crippen molar-refractivity contribution in [3.05, 3.63) is 54.0 Å². The van der Waals surface area contributed by atoms with Crippen LogP contribution in [0.5, 0.6) is 0 Å². The molecule has 2 heterocycles. The van der Waals surface area contributed by atoms with Gasteiger partial charge < -0.3 is 5.32 Å². The fraction of sp³-hybridized carbons (Fsp3) is 0.350. The second-order valence-electron chi connectivity index (χ2n) is 6.68. The van der Waals surface area contributed by atoms with Crippen LogP contribution < -0.4 is 5.32 Å². The lowest BCUT2D eigenvalue weighted by molar-refractivity contribution is 0.744. The Balaban J connectivity index is 1.69. The van der Waals surface area contributed by atoms with Crippen LogP contribution in [-0.4, -0.2) is 25.8 Å². The van der Waals surface area contributed by atoms with Gasteiger partial charge in [0, 0.05) is 17.8 Å². The molecule has 2 aromatic heterocycles. The quantitative estimate of drug-likeness (QED) is 0.773. The summed E-state index contributed by atoms with van der Waals surface area (Å²) in [6.45, 7) is 4.13. The van der Waals surface area contributed by atoms with Crippen molar-refractivity contribution in [2.75, 3.05) is 5.32 Å². The molecule has 1 fully saturated rings. The Morgan fingerprint density at radius 1 is 1.04 bits per heavy atom. The molecule has 0 spiro atoms. The van der Waals surface area contributed by atoms with Gasteiger partial charge in [-0.25, -0.2) is 14.6 Å². The maximum absolute atomic E-state index is 4.76. The minimum atomic E-state index is 0.504. The summed E-state index contributed by atoms with van der Waals surface area (Å²) in [5.74, 6) is 0.718. The van der Waals surface area contributed by atoms with Gasteiger partial charge in [0.1, 0.15) is 0 Å². The summed E-state index contributed by atoms with van der Waals surface area (Å²) in [5, 5.41) is 8.20. The lowest BCUT2D eigenvalue weighted by atomic mass is 10.1. The molecule has 1 N–H and O–H groups in total. The Morgan fingerprint density at radius 3 is 2.56 bits per heavy atom. The highest BCUT2D eigenvalue weighted by molar-refractivity contribution is 5.66. The van der Waals surface area contributed by atoms with Gasteiger partial charge in [0.25, 0.3) is 0 Å². The number of rotatable bonds is 4. The first-order chi connectivity index (χ1) is 12.2. The van der Waals surface area contributed by atoms with E-state index in [9.17, 15) is 0 Å². The van der Waals surface area contributed by atoms with E-state index in [0.29, 0.717) is 6.04 Å². The molecule has 1 aliphatic rings. The molecule has 3 aromatic rings. The van der Waals surface area contributed by atoms with E-state index in [-0.39, 0.29) is 0 Å². The Hall–Kier alpha value is -2.69. The summed E-state index contributed by atoms with van der Waals surface area (Å²) in [6.07, 6.45) is 6.83. The number of nitrogens with zero attached hydrogens (tertiary/aromatic N) is 4. The Bertz CT molecular complexity index is 863. The highest BCUT2D eigenvalue weighted by Crippen LogP contribution is 2.28. The van der Waals surface area contributed by atoms with Gasteiger partial charge in [-0.15, -0.1) is 0 Å². The normalized spacial score (nSPS) is 14.8. The van der Waals surface area contributed by atoms with Gasteiger partial charge >= 0.3 is 0 Å². The van der Waals surface area contributed by atoms with Crippen LogP contribution >= 0.6 is 0 Å². The van der Waals surface area contributed by atoms with E-state index in [1.807, 2.05) is 42.1 Å². The number of aryl methyl sites for hydroxylation is 1. The molecule has 1 aromatic carbocycles. The second kappa shape index (κ2) is 6.67. The summed E-state index contributed by atoms with van der Waals surface area (Å²) in [4.78, 5) is 9.16. The molecule has 0 atom stereocenters. The third-order valence-corrected chi connectivity index (χ3v) is 4.89. The monoisotopic (exact) mass is 333 g/mol. The van der Waals surface area contributed by atoms with Gasteiger partial charge in [-0.1, -0.05) is 31.0 Å². The van der Waals surface area contributed by atoms with Crippen LogP contribution in [0.4, 0.5) is 5.95 Å². The largest absolute Gasteiger partial charge is 0.351 e. The molecule has 1 saturated carbocycles. The molecule has 5 nitrogen and oxygen atoms in total. The van der Waals surface area contributed by atoms with Crippen molar-refractivity contribution in [3.63, 3.8) is 0 Å². The third kappa shape index (κ3) is 3.14. The molecule has 128 valence electrons. The first-order valence-corrected chi connectivity index (χ1v) is 8.94. The molecule has 5 heteroatoms. The lowest BCUT2D eigenvalue weighted by Crippen LogP contribution is -2.16. The molecule has 0 unspecified atom stereocenters. The maximum Gasteiger partial charge on any atom is 0.223 e. The highest BCUT2D eigenvalue weighted by Gasteiger charge is 2.18. The van der Waals surface area contributed by atoms with Gasteiger partial charge in [0.05, 0.1) is 22.8 Å². The van der Waals surface area contributed by atoms with Crippen molar-refractivity contribution in [1.29, 1.82) is 0 Å². The van der Waals surface area contributed by atoms with Crippen molar-refractivity contribution in [1.82, 2.24) is 19.7 Å². The van der Waals surface area contributed by atoms with Crippen molar-refractivity contribution in [3.8, 4) is 16.9 Å². The Kier molecular flexibility index (Phi) is 4.22. The molecule has 0 radical (unpaired) electrons. The van der Waals surface area contributed by atoms with Gasteiger partial charge in [-0.2, -0.15) is 5.10 Å². The summed E-state index contributed by atoms with van der Waals surface area (Å²) < 4.78 is 1.98. The fourth-order valence-electron chi connectivity index (χ4n) is 3.65. The standard InChI is InChI=1S/C20H23N5/c1-14-19(15(2)25(24-14)17-10-4-3-5-11-17)18-12-13-21-20(23-18)22-16-8-6-7-9-16/h3-5,10-13,16H,6-9H2,1-2H3,(H,21,22,23). The number of aromatic nitrogens is 4. The van der Waals surface area contributed by atoms with E-state index in [1.165, 1.54) is 25.7 Å². The summed E-state index contributed by atoms with van der Waals surface area (Å²) in [5.41, 5.74) is 5.14. The molecular weight excluding hydrogens is 310 g/mol. The van der Waals surface area contributed by atoms with Crippen LogP contribution in [0.1, 0.15) is 37.1 Å². The van der Waals surface area contributed by atoms with Crippen molar-refractivity contribution in [2.45, 2.75) is 45.6 Å². The maximum atomic E-state index is 4.76. The zero-order valence-corrected chi connectivity index (χ0v) is 14.7. The molecule has 0 aliphatic heterocycles. The summed E-state index contributed by atoms with van der Waals surface area (Å²) >= 11 is 0. The highest BCUT2D eigenvalue weighted by atomic mass is 15.3. The van der Waals surface area contributed by atoms with E-state index < -0.39 is 0 Å². The van der Waals surface area contributed by atoms with E-state index in [2.05, 4.69) is 29.4 Å². The molecule has 0 amide bonds. The zero-order valence-electron chi connectivity index (χ0n) is 14.7. The number of anilines is 1. The minimum Gasteiger partial charge on any atom is -0.351 e. The van der Waals surface area contributed by atoms with Gasteiger partial charge in [-0.3, -0.25) is 0 Å². The second-order valence-corrected chi connectivity index (χ2v) is 6.68. The first kappa shape index (κ1) is 15.8. The van der Waals surface area contributed by atoms with Gasteiger partial charge in [0.15, 0.2) is 0 Å². The van der Waals surface area contributed by atoms with Crippen molar-refractivity contribution in [2.24, 2.45) is 0 Å².